The lowest BCUT2D eigenvalue weighted by Crippen LogP contribution is -1.85. The summed E-state index contributed by atoms with van der Waals surface area (Å²) < 4.78 is 5.39. The molecule has 0 bridgehead atoms. The van der Waals surface area contributed by atoms with Crippen LogP contribution in [0.5, 0.6) is 0 Å². The fourth-order valence-corrected chi connectivity index (χ4v) is 3.35. The van der Waals surface area contributed by atoms with Gasteiger partial charge in [-0.2, -0.15) is 4.98 Å². The second-order valence-corrected chi connectivity index (χ2v) is 6.51. The van der Waals surface area contributed by atoms with Gasteiger partial charge in [0.1, 0.15) is 0 Å². The first kappa shape index (κ1) is 14.9. The molecule has 0 aliphatic carbocycles. The van der Waals surface area contributed by atoms with Gasteiger partial charge in [-0.25, -0.2) is 0 Å². The number of hydrogen-bond acceptors (Lipinski definition) is 5. The lowest BCUT2D eigenvalue weighted by Gasteiger charge is -2.03. The number of fused-ring (bicyclic) bond motifs is 1. The molecule has 24 heavy (non-hydrogen) atoms. The lowest BCUT2D eigenvalue weighted by molar-refractivity contribution is 0.391. The average molecular weight is 333 g/mol. The molecular formula is C19H15N3OS. The van der Waals surface area contributed by atoms with Crippen molar-refractivity contribution in [3.63, 3.8) is 0 Å². The van der Waals surface area contributed by atoms with Gasteiger partial charge >= 0.3 is 0 Å². The molecule has 0 aliphatic heterocycles. The molecule has 5 heteroatoms. The highest BCUT2D eigenvalue weighted by atomic mass is 32.2. The Morgan fingerprint density at radius 3 is 2.71 bits per heavy atom. The van der Waals surface area contributed by atoms with Crippen molar-refractivity contribution < 1.29 is 4.52 Å². The van der Waals surface area contributed by atoms with Gasteiger partial charge in [0.25, 0.3) is 0 Å². The number of rotatable bonds is 4. The maximum atomic E-state index is 5.39. The zero-order chi connectivity index (χ0) is 16.4. The molecule has 4 aromatic rings. The van der Waals surface area contributed by atoms with Crippen molar-refractivity contribution in [2.45, 2.75) is 17.6 Å². The Bertz CT molecular complexity index is 974. The summed E-state index contributed by atoms with van der Waals surface area (Å²) in [5, 5.41) is 5.22. The molecular weight excluding hydrogens is 318 g/mol. The third-order valence-corrected chi connectivity index (χ3v) is 4.80. The van der Waals surface area contributed by atoms with Crippen LogP contribution in [0.1, 0.15) is 11.5 Å². The van der Waals surface area contributed by atoms with E-state index in [1.807, 2.05) is 54.7 Å². The first-order valence-corrected chi connectivity index (χ1v) is 8.64. The molecule has 2 aromatic heterocycles. The molecule has 2 aromatic carbocycles. The molecule has 2 heterocycles. The van der Waals surface area contributed by atoms with Crippen molar-refractivity contribution in [3.05, 3.63) is 72.2 Å². The summed E-state index contributed by atoms with van der Waals surface area (Å²) in [6.45, 7) is 2.06. The van der Waals surface area contributed by atoms with Crippen LogP contribution < -0.4 is 0 Å². The maximum absolute atomic E-state index is 5.39. The number of hydrogen-bond donors (Lipinski definition) is 0. The van der Waals surface area contributed by atoms with E-state index in [0.29, 0.717) is 17.5 Å². The van der Waals surface area contributed by atoms with E-state index in [0.717, 1.165) is 21.4 Å². The minimum Gasteiger partial charge on any atom is -0.338 e. The van der Waals surface area contributed by atoms with Crippen molar-refractivity contribution in [1.82, 2.24) is 15.1 Å². The van der Waals surface area contributed by atoms with Crippen molar-refractivity contribution in [2.75, 3.05) is 0 Å². The molecule has 0 fully saturated rings. The van der Waals surface area contributed by atoms with Gasteiger partial charge in [-0.3, -0.25) is 4.98 Å². The van der Waals surface area contributed by atoms with E-state index in [4.69, 9.17) is 4.52 Å². The third kappa shape index (κ3) is 3.03. The van der Waals surface area contributed by atoms with E-state index >= 15 is 0 Å². The summed E-state index contributed by atoms with van der Waals surface area (Å²) in [5.74, 6) is 1.88. The van der Waals surface area contributed by atoms with Crippen LogP contribution in [0, 0.1) is 6.92 Å². The quantitative estimate of drug-likeness (QED) is 0.498. The van der Waals surface area contributed by atoms with Gasteiger partial charge in [-0.1, -0.05) is 53.2 Å². The Kier molecular flexibility index (Phi) is 4.01. The number of thioether (sulfide) groups is 1. The minimum atomic E-state index is 0.622. The molecule has 0 atom stereocenters. The molecule has 0 aliphatic rings. The van der Waals surface area contributed by atoms with Gasteiger partial charge in [-0.05, 0) is 19.1 Å². The fourth-order valence-electron chi connectivity index (χ4n) is 2.47. The average Bonchev–Trinajstić information content (AvgIpc) is 3.09. The Balaban J connectivity index is 1.53. The number of para-hydroxylation sites is 1. The van der Waals surface area contributed by atoms with Gasteiger partial charge in [0, 0.05) is 22.0 Å². The first-order valence-electron chi connectivity index (χ1n) is 7.66. The Labute approximate surface area is 143 Å². The molecule has 0 spiro atoms. The monoisotopic (exact) mass is 333 g/mol. The standard InChI is InChI=1S/C19H15N3OS/c1-13-6-8-14(9-7-13)19-21-18(23-22-19)12-24-17-10-11-20-16-5-3-2-4-15(16)17/h2-11H,12H2,1H3. The number of pyridine rings is 1. The highest BCUT2D eigenvalue weighted by Gasteiger charge is 2.10. The fraction of sp³-hybridized carbons (Fsp3) is 0.105. The zero-order valence-corrected chi connectivity index (χ0v) is 14.0. The predicted molar refractivity (Wildman–Crippen MR) is 95.8 cm³/mol. The van der Waals surface area contributed by atoms with Gasteiger partial charge in [0.2, 0.25) is 11.7 Å². The Morgan fingerprint density at radius 1 is 1.00 bits per heavy atom. The van der Waals surface area contributed by atoms with Crippen molar-refractivity contribution in [3.8, 4) is 11.4 Å². The van der Waals surface area contributed by atoms with E-state index in [1.165, 1.54) is 5.56 Å². The predicted octanol–water partition coefficient (Wildman–Crippen LogP) is 4.89. The Morgan fingerprint density at radius 2 is 1.83 bits per heavy atom. The van der Waals surface area contributed by atoms with Gasteiger partial charge < -0.3 is 4.52 Å². The van der Waals surface area contributed by atoms with Crippen molar-refractivity contribution >= 4 is 22.7 Å². The van der Waals surface area contributed by atoms with E-state index in [9.17, 15) is 0 Å². The van der Waals surface area contributed by atoms with Gasteiger partial charge in [0.15, 0.2) is 0 Å². The lowest BCUT2D eigenvalue weighted by atomic mass is 10.1. The van der Waals surface area contributed by atoms with E-state index < -0.39 is 0 Å². The number of aromatic nitrogens is 3. The number of aryl methyl sites for hydroxylation is 1. The smallest absolute Gasteiger partial charge is 0.237 e. The molecule has 0 saturated carbocycles. The largest absolute Gasteiger partial charge is 0.338 e. The number of benzene rings is 2. The summed E-state index contributed by atoms with van der Waals surface area (Å²) in [4.78, 5) is 10.0. The highest BCUT2D eigenvalue weighted by molar-refractivity contribution is 7.98. The van der Waals surface area contributed by atoms with Crippen LogP contribution in [-0.2, 0) is 5.75 Å². The van der Waals surface area contributed by atoms with E-state index in [1.54, 1.807) is 11.8 Å². The van der Waals surface area contributed by atoms with Crippen LogP contribution in [0.3, 0.4) is 0 Å². The molecule has 0 saturated heterocycles. The molecule has 118 valence electrons. The highest BCUT2D eigenvalue weighted by Crippen LogP contribution is 2.29. The van der Waals surface area contributed by atoms with Crippen molar-refractivity contribution in [2.24, 2.45) is 0 Å². The summed E-state index contributed by atoms with van der Waals surface area (Å²) in [7, 11) is 0. The van der Waals surface area contributed by atoms with Gasteiger partial charge in [-0.15, -0.1) is 11.8 Å². The van der Waals surface area contributed by atoms with Crippen LogP contribution in [-0.4, -0.2) is 15.1 Å². The summed E-state index contributed by atoms with van der Waals surface area (Å²) in [6.07, 6.45) is 1.83. The second kappa shape index (κ2) is 6.45. The van der Waals surface area contributed by atoms with Crippen LogP contribution in [0.15, 0.2) is 70.2 Å². The van der Waals surface area contributed by atoms with Crippen molar-refractivity contribution in [1.29, 1.82) is 0 Å². The summed E-state index contributed by atoms with van der Waals surface area (Å²) in [6, 6.07) is 18.2. The molecule has 0 unspecified atom stereocenters. The molecule has 4 nitrogen and oxygen atoms in total. The normalized spacial score (nSPS) is 11.0. The summed E-state index contributed by atoms with van der Waals surface area (Å²) >= 11 is 1.68. The zero-order valence-electron chi connectivity index (χ0n) is 13.1. The second-order valence-electron chi connectivity index (χ2n) is 5.49. The van der Waals surface area contributed by atoms with E-state index in [-0.39, 0.29) is 0 Å². The Hall–Kier alpha value is -2.66. The topological polar surface area (TPSA) is 51.8 Å². The molecule has 0 amide bonds. The van der Waals surface area contributed by atoms with Gasteiger partial charge in [0.05, 0.1) is 11.3 Å². The minimum absolute atomic E-state index is 0.622. The SMILES string of the molecule is Cc1ccc(-c2noc(CSc3ccnc4ccccc34)n2)cc1. The van der Waals surface area contributed by atoms with Crippen LogP contribution in [0.2, 0.25) is 0 Å². The van der Waals surface area contributed by atoms with Crippen LogP contribution in [0.25, 0.3) is 22.3 Å². The van der Waals surface area contributed by atoms with E-state index in [2.05, 4.69) is 28.1 Å². The summed E-state index contributed by atoms with van der Waals surface area (Å²) in [5.41, 5.74) is 3.17. The van der Waals surface area contributed by atoms with Crippen LogP contribution >= 0.6 is 11.8 Å². The number of nitrogens with zero attached hydrogens (tertiary/aromatic N) is 3. The first-order chi connectivity index (χ1) is 11.8. The molecule has 0 radical (unpaired) electrons. The molecule has 0 N–H and O–H groups in total. The third-order valence-electron chi connectivity index (χ3n) is 3.74. The maximum Gasteiger partial charge on any atom is 0.237 e. The van der Waals surface area contributed by atoms with Crippen LogP contribution in [0.4, 0.5) is 0 Å². The molecule has 4 rings (SSSR count).